The molecule has 9 heteroatoms. The Balaban J connectivity index is 2.46. The van der Waals surface area contributed by atoms with Crippen molar-refractivity contribution in [2.75, 3.05) is 10.5 Å². The molecular weight excluding hydrogens is 345 g/mol. The lowest BCUT2D eigenvalue weighted by Crippen LogP contribution is -2.16. The van der Waals surface area contributed by atoms with Crippen molar-refractivity contribution in [3.63, 3.8) is 0 Å². The third-order valence-electron chi connectivity index (χ3n) is 2.27. The first kappa shape index (κ1) is 15.2. The van der Waals surface area contributed by atoms with Crippen LogP contribution in [0, 0.1) is 0 Å². The highest BCUT2D eigenvalue weighted by molar-refractivity contribution is 7.93. The fraction of sp³-hybridized carbons (Fsp3) is 0. The van der Waals surface area contributed by atoms with Crippen molar-refractivity contribution < 1.29 is 8.42 Å². The van der Waals surface area contributed by atoms with Crippen molar-refractivity contribution in [1.82, 2.24) is 4.98 Å². The van der Waals surface area contributed by atoms with E-state index in [1.54, 1.807) is 0 Å². The highest BCUT2D eigenvalue weighted by Crippen LogP contribution is 2.32. The van der Waals surface area contributed by atoms with E-state index >= 15 is 0 Å². The minimum absolute atomic E-state index is 0.0583. The monoisotopic (exact) mass is 351 g/mol. The van der Waals surface area contributed by atoms with Crippen LogP contribution >= 0.6 is 34.8 Å². The Labute approximate surface area is 130 Å². The number of nitrogens with zero attached hydrogens (tertiary/aromatic N) is 1. The molecule has 106 valence electrons. The van der Waals surface area contributed by atoms with Crippen LogP contribution in [0.1, 0.15) is 0 Å². The van der Waals surface area contributed by atoms with E-state index in [1.165, 1.54) is 30.5 Å². The van der Waals surface area contributed by atoms with Gasteiger partial charge in [-0.1, -0.05) is 34.8 Å². The van der Waals surface area contributed by atoms with E-state index in [9.17, 15) is 8.42 Å². The second kappa shape index (κ2) is 5.65. The van der Waals surface area contributed by atoms with Crippen LogP contribution in [0.4, 0.5) is 11.5 Å². The Bertz CT molecular complexity index is 742. The number of hydrogen-bond donors (Lipinski definition) is 2. The zero-order chi connectivity index (χ0) is 14.9. The predicted molar refractivity (Wildman–Crippen MR) is 80.9 cm³/mol. The number of nitrogens with two attached hydrogens (primary N) is 1. The predicted octanol–water partition coefficient (Wildman–Crippen LogP) is 3.42. The number of halogens is 3. The molecule has 2 rings (SSSR count). The summed E-state index contributed by atoms with van der Waals surface area (Å²) >= 11 is 17.4. The minimum atomic E-state index is -3.99. The van der Waals surface area contributed by atoms with Crippen molar-refractivity contribution in [3.05, 3.63) is 45.5 Å². The molecule has 20 heavy (non-hydrogen) atoms. The number of aromatic nitrogens is 1. The lowest BCUT2D eigenvalue weighted by Gasteiger charge is -2.11. The molecule has 3 N–H and O–H groups in total. The van der Waals surface area contributed by atoms with Crippen molar-refractivity contribution >= 4 is 56.3 Å². The highest BCUT2D eigenvalue weighted by atomic mass is 35.5. The fourth-order valence-electron chi connectivity index (χ4n) is 1.51. The zero-order valence-electron chi connectivity index (χ0n) is 9.77. The van der Waals surface area contributed by atoms with E-state index in [2.05, 4.69) is 9.71 Å². The molecule has 0 fully saturated rings. The third-order valence-corrected chi connectivity index (χ3v) is 4.60. The van der Waals surface area contributed by atoms with Gasteiger partial charge in [0, 0.05) is 22.3 Å². The Morgan fingerprint density at radius 2 is 1.80 bits per heavy atom. The number of sulfonamides is 1. The second-order valence-electron chi connectivity index (χ2n) is 3.77. The van der Waals surface area contributed by atoms with Crippen LogP contribution < -0.4 is 10.5 Å². The van der Waals surface area contributed by atoms with Gasteiger partial charge in [0.1, 0.15) is 10.7 Å². The largest absolute Gasteiger partial charge is 0.398 e. The summed E-state index contributed by atoms with van der Waals surface area (Å²) in [4.78, 5) is 3.58. The maximum absolute atomic E-state index is 12.3. The van der Waals surface area contributed by atoms with Gasteiger partial charge in [-0.05, 0) is 18.2 Å². The maximum Gasteiger partial charge on any atom is 0.266 e. The smallest absolute Gasteiger partial charge is 0.266 e. The van der Waals surface area contributed by atoms with Crippen LogP contribution in [0.3, 0.4) is 0 Å². The Morgan fingerprint density at radius 1 is 1.10 bits per heavy atom. The molecule has 5 nitrogen and oxygen atoms in total. The van der Waals surface area contributed by atoms with Gasteiger partial charge in [0.05, 0.1) is 10.7 Å². The van der Waals surface area contributed by atoms with Crippen molar-refractivity contribution in [2.24, 2.45) is 0 Å². The molecule has 0 aliphatic heterocycles. The summed E-state index contributed by atoms with van der Waals surface area (Å²) in [5.74, 6) is 0.0583. The fourth-order valence-corrected chi connectivity index (χ4v) is 3.66. The van der Waals surface area contributed by atoms with E-state index in [-0.39, 0.29) is 26.4 Å². The number of rotatable bonds is 3. The summed E-state index contributed by atoms with van der Waals surface area (Å²) in [6, 6.07) is 5.47. The molecule has 0 saturated carbocycles. The van der Waals surface area contributed by atoms with E-state index < -0.39 is 10.0 Å². The number of pyridine rings is 1. The van der Waals surface area contributed by atoms with Gasteiger partial charge in [0.25, 0.3) is 10.0 Å². The van der Waals surface area contributed by atoms with Crippen molar-refractivity contribution in [3.8, 4) is 0 Å². The normalized spacial score (nSPS) is 11.3. The summed E-state index contributed by atoms with van der Waals surface area (Å²) in [6.07, 6.45) is 1.37. The van der Waals surface area contributed by atoms with Gasteiger partial charge in [0.15, 0.2) is 0 Å². The number of anilines is 2. The van der Waals surface area contributed by atoms with E-state index in [4.69, 9.17) is 40.5 Å². The van der Waals surface area contributed by atoms with Gasteiger partial charge in [0.2, 0.25) is 0 Å². The molecule has 0 atom stereocenters. The molecule has 0 aliphatic carbocycles. The number of nitrogens with one attached hydrogen (secondary N) is 1. The summed E-state index contributed by atoms with van der Waals surface area (Å²) in [6.45, 7) is 0. The van der Waals surface area contributed by atoms with Crippen LogP contribution in [0.5, 0.6) is 0 Å². The first-order chi connectivity index (χ1) is 9.29. The third kappa shape index (κ3) is 3.27. The average molecular weight is 353 g/mol. The topological polar surface area (TPSA) is 85.1 Å². The molecule has 0 unspecified atom stereocenters. The van der Waals surface area contributed by atoms with Crippen LogP contribution in [-0.2, 0) is 10.0 Å². The van der Waals surface area contributed by atoms with Crippen LogP contribution in [0.2, 0.25) is 15.1 Å². The van der Waals surface area contributed by atoms with Crippen LogP contribution in [-0.4, -0.2) is 13.4 Å². The first-order valence-corrected chi connectivity index (χ1v) is 7.80. The SMILES string of the molecule is Nc1cc(Cl)cc(Cl)c1S(=O)(=O)Nc1cc(Cl)ccn1. The van der Waals surface area contributed by atoms with Crippen molar-refractivity contribution in [2.45, 2.75) is 4.90 Å². The quantitative estimate of drug-likeness (QED) is 0.829. The molecular formula is C11H8Cl3N3O2S. The first-order valence-electron chi connectivity index (χ1n) is 5.18. The molecule has 0 bridgehead atoms. The number of hydrogen-bond acceptors (Lipinski definition) is 4. The van der Waals surface area contributed by atoms with Gasteiger partial charge < -0.3 is 5.73 Å². The number of benzene rings is 1. The highest BCUT2D eigenvalue weighted by Gasteiger charge is 2.22. The van der Waals surface area contributed by atoms with E-state index in [1.807, 2.05) is 0 Å². The van der Waals surface area contributed by atoms with E-state index in [0.717, 1.165) is 0 Å². The maximum atomic E-state index is 12.3. The molecule has 0 radical (unpaired) electrons. The molecule has 0 amide bonds. The molecule has 1 aromatic heterocycles. The molecule has 0 spiro atoms. The summed E-state index contributed by atoms with van der Waals surface area (Å²) in [5.41, 5.74) is 5.60. The Morgan fingerprint density at radius 3 is 2.40 bits per heavy atom. The summed E-state index contributed by atoms with van der Waals surface area (Å²) in [7, 11) is -3.99. The van der Waals surface area contributed by atoms with E-state index in [0.29, 0.717) is 5.02 Å². The van der Waals surface area contributed by atoms with Gasteiger partial charge in [-0.25, -0.2) is 13.4 Å². The molecule has 1 heterocycles. The molecule has 1 aromatic carbocycles. The van der Waals surface area contributed by atoms with Crippen LogP contribution in [0.15, 0.2) is 35.4 Å². The van der Waals surface area contributed by atoms with Gasteiger partial charge in [-0.2, -0.15) is 0 Å². The average Bonchev–Trinajstić information content (AvgIpc) is 2.25. The molecule has 0 saturated heterocycles. The van der Waals surface area contributed by atoms with Crippen molar-refractivity contribution in [1.29, 1.82) is 0 Å². The minimum Gasteiger partial charge on any atom is -0.398 e. The zero-order valence-corrected chi connectivity index (χ0v) is 12.9. The lowest BCUT2D eigenvalue weighted by atomic mass is 10.3. The number of nitrogen functional groups attached to an aromatic ring is 1. The second-order valence-corrected chi connectivity index (χ2v) is 6.67. The molecule has 2 aromatic rings. The Hall–Kier alpha value is -1.21. The van der Waals surface area contributed by atoms with Gasteiger partial charge >= 0.3 is 0 Å². The summed E-state index contributed by atoms with van der Waals surface area (Å²) < 4.78 is 26.8. The van der Waals surface area contributed by atoms with Gasteiger partial charge in [-0.15, -0.1) is 0 Å². The Kier molecular flexibility index (Phi) is 4.29. The van der Waals surface area contributed by atoms with Gasteiger partial charge in [-0.3, -0.25) is 4.72 Å². The standard InChI is InChI=1S/C11H8Cl3N3O2S/c12-6-1-2-16-10(5-6)17-20(18,19)11-8(14)3-7(13)4-9(11)15/h1-5H,15H2,(H,16,17). The van der Waals surface area contributed by atoms with Crippen LogP contribution in [0.25, 0.3) is 0 Å². The molecule has 0 aliphatic rings. The summed E-state index contributed by atoms with van der Waals surface area (Å²) in [5, 5.41) is 0.504. The lowest BCUT2D eigenvalue weighted by molar-refractivity contribution is 0.601.